The minimum absolute atomic E-state index is 0.161. The Hall–Kier alpha value is -0.730. The zero-order valence-electron chi connectivity index (χ0n) is 7.68. The molecule has 0 fully saturated rings. The van der Waals surface area contributed by atoms with Crippen LogP contribution in [0.1, 0.15) is 17.5 Å². The van der Waals surface area contributed by atoms with Gasteiger partial charge >= 0.3 is 0 Å². The van der Waals surface area contributed by atoms with Crippen molar-refractivity contribution in [3.63, 3.8) is 0 Å². The average molecular weight is 200 g/mol. The Bertz CT molecular complexity index is 299. The van der Waals surface area contributed by atoms with Crippen LogP contribution in [0.25, 0.3) is 0 Å². The lowest BCUT2D eigenvalue weighted by Gasteiger charge is -2.06. The largest absolute Gasteiger partial charge is 0.506 e. The van der Waals surface area contributed by atoms with Gasteiger partial charge in [0.2, 0.25) is 0 Å². The molecule has 0 atom stereocenters. The van der Waals surface area contributed by atoms with Crippen LogP contribution in [0.2, 0.25) is 5.02 Å². The fraction of sp³-hybridized carbons (Fsp3) is 0.400. The molecule has 0 bridgehead atoms. The van der Waals surface area contributed by atoms with Crippen molar-refractivity contribution in [2.75, 3.05) is 6.54 Å². The number of phenolic OH excluding ortho intramolecular Hbond substituents is 1. The standard InChI is InChI=1S/C10H14ClNO/c1-7-5-8(3-2-4-12)10(11)9(13)6-7/h5-6,13H,2-4,12H2,1H3. The van der Waals surface area contributed by atoms with E-state index >= 15 is 0 Å². The lowest BCUT2D eigenvalue weighted by Crippen LogP contribution is -2.00. The lowest BCUT2D eigenvalue weighted by molar-refractivity contribution is 0.474. The molecule has 0 saturated carbocycles. The van der Waals surface area contributed by atoms with Crippen molar-refractivity contribution in [1.82, 2.24) is 0 Å². The molecule has 0 heterocycles. The fourth-order valence-corrected chi connectivity index (χ4v) is 1.50. The SMILES string of the molecule is Cc1cc(O)c(Cl)c(CCCN)c1. The van der Waals surface area contributed by atoms with E-state index in [1.165, 1.54) is 0 Å². The van der Waals surface area contributed by atoms with Crippen molar-refractivity contribution in [1.29, 1.82) is 0 Å². The number of hydrogen-bond acceptors (Lipinski definition) is 2. The molecule has 1 aromatic carbocycles. The second-order valence-electron chi connectivity index (χ2n) is 3.15. The van der Waals surface area contributed by atoms with Crippen molar-refractivity contribution in [2.24, 2.45) is 5.73 Å². The molecule has 72 valence electrons. The maximum atomic E-state index is 9.42. The number of hydrogen-bond donors (Lipinski definition) is 2. The molecule has 0 amide bonds. The Labute approximate surface area is 83.3 Å². The molecule has 0 unspecified atom stereocenters. The minimum Gasteiger partial charge on any atom is -0.506 e. The first kappa shape index (κ1) is 10.4. The smallest absolute Gasteiger partial charge is 0.134 e. The summed E-state index contributed by atoms with van der Waals surface area (Å²) in [7, 11) is 0. The van der Waals surface area contributed by atoms with Crippen molar-refractivity contribution >= 4 is 11.6 Å². The Balaban J connectivity index is 2.92. The van der Waals surface area contributed by atoms with Crippen LogP contribution in [0.5, 0.6) is 5.75 Å². The van der Waals surface area contributed by atoms with E-state index in [1.54, 1.807) is 6.07 Å². The summed E-state index contributed by atoms with van der Waals surface area (Å²) in [6.07, 6.45) is 1.72. The third-order valence-corrected chi connectivity index (χ3v) is 2.36. The molecule has 1 aromatic rings. The zero-order valence-corrected chi connectivity index (χ0v) is 8.43. The molecular weight excluding hydrogens is 186 g/mol. The number of nitrogens with two attached hydrogens (primary N) is 1. The van der Waals surface area contributed by atoms with E-state index in [2.05, 4.69) is 0 Å². The number of aromatic hydroxyl groups is 1. The molecule has 0 aliphatic heterocycles. The van der Waals surface area contributed by atoms with Gasteiger partial charge in [-0.3, -0.25) is 0 Å². The predicted octanol–water partition coefficient (Wildman–Crippen LogP) is 2.25. The van der Waals surface area contributed by atoms with Gasteiger partial charge in [-0.2, -0.15) is 0 Å². The molecule has 2 nitrogen and oxygen atoms in total. The van der Waals surface area contributed by atoms with Gasteiger partial charge < -0.3 is 10.8 Å². The molecule has 13 heavy (non-hydrogen) atoms. The van der Waals surface area contributed by atoms with Crippen molar-refractivity contribution < 1.29 is 5.11 Å². The summed E-state index contributed by atoms with van der Waals surface area (Å²) < 4.78 is 0. The molecule has 0 aliphatic rings. The zero-order chi connectivity index (χ0) is 9.84. The summed E-state index contributed by atoms with van der Waals surface area (Å²) in [6.45, 7) is 2.58. The average Bonchev–Trinajstić information content (AvgIpc) is 2.09. The minimum atomic E-state index is 0.161. The molecule has 3 heteroatoms. The van der Waals surface area contributed by atoms with E-state index in [-0.39, 0.29) is 5.75 Å². The highest BCUT2D eigenvalue weighted by molar-refractivity contribution is 6.32. The fourth-order valence-electron chi connectivity index (χ4n) is 1.30. The summed E-state index contributed by atoms with van der Waals surface area (Å²) in [5, 5.41) is 9.87. The lowest BCUT2D eigenvalue weighted by atomic mass is 10.1. The van der Waals surface area contributed by atoms with E-state index in [4.69, 9.17) is 17.3 Å². The highest BCUT2D eigenvalue weighted by Gasteiger charge is 2.05. The topological polar surface area (TPSA) is 46.2 Å². The molecular formula is C10H14ClNO. The van der Waals surface area contributed by atoms with Gasteiger partial charge in [-0.05, 0) is 43.5 Å². The van der Waals surface area contributed by atoms with Crippen LogP contribution < -0.4 is 5.73 Å². The second kappa shape index (κ2) is 4.49. The van der Waals surface area contributed by atoms with Crippen LogP contribution >= 0.6 is 11.6 Å². The number of aryl methyl sites for hydroxylation is 2. The number of halogens is 1. The number of rotatable bonds is 3. The first-order chi connectivity index (χ1) is 6.15. The predicted molar refractivity (Wildman–Crippen MR) is 55.2 cm³/mol. The van der Waals surface area contributed by atoms with Gasteiger partial charge in [0.15, 0.2) is 0 Å². The first-order valence-electron chi connectivity index (χ1n) is 4.33. The monoisotopic (exact) mass is 199 g/mol. The van der Waals surface area contributed by atoms with E-state index < -0.39 is 0 Å². The van der Waals surface area contributed by atoms with Crippen LogP contribution in [0.3, 0.4) is 0 Å². The number of phenols is 1. The Morgan fingerprint density at radius 3 is 2.77 bits per heavy atom. The maximum absolute atomic E-state index is 9.42. The molecule has 0 spiro atoms. The molecule has 0 aromatic heterocycles. The van der Waals surface area contributed by atoms with Gasteiger partial charge in [0.05, 0.1) is 5.02 Å². The summed E-state index contributed by atoms with van der Waals surface area (Å²) in [4.78, 5) is 0. The van der Waals surface area contributed by atoms with Crippen LogP contribution in [0, 0.1) is 6.92 Å². The van der Waals surface area contributed by atoms with Crippen molar-refractivity contribution in [3.05, 3.63) is 28.3 Å². The van der Waals surface area contributed by atoms with Gasteiger partial charge in [0, 0.05) is 0 Å². The Morgan fingerprint density at radius 1 is 1.46 bits per heavy atom. The van der Waals surface area contributed by atoms with Gasteiger partial charge in [-0.25, -0.2) is 0 Å². The maximum Gasteiger partial charge on any atom is 0.134 e. The van der Waals surface area contributed by atoms with Gasteiger partial charge in [0.1, 0.15) is 5.75 Å². The summed E-state index contributed by atoms with van der Waals surface area (Å²) >= 11 is 5.91. The van der Waals surface area contributed by atoms with Gasteiger partial charge in [0.25, 0.3) is 0 Å². The van der Waals surface area contributed by atoms with Crippen LogP contribution in [-0.2, 0) is 6.42 Å². The highest BCUT2D eigenvalue weighted by atomic mass is 35.5. The normalized spacial score (nSPS) is 10.4. The quantitative estimate of drug-likeness (QED) is 0.785. The van der Waals surface area contributed by atoms with E-state index in [9.17, 15) is 5.11 Å². The Kier molecular flexibility index (Phi) is 3.58. The van der Waals surface area contributed by atoms with Crippen molar-refractivity contribution in [2.45, 2.75) is 19.8 Å². The van der Waals surface area contributed by atoms with E-state index in [0.717, 1.165) is 24.0 Å². The molecule has 1 rings (SSSR count). The molecule has 0 aliphatic carbocycles. The summed E-state index contributed by atoms with van der Waals surface area (Å²) in [5.74, 6) is 0.161. The third-order valence-electron chi connectivity index (χ3n) is 1.92. The second-order valence-corrected chi connectivity index (χ2v) is 3.53. The van der Waals surface area contributed by atoms with E-state index in [0.29, 0.717) is 11.6 Å². The summed E-state index contributed by atoms with van der Waals surface area (Å²) in [5.41, 5.74) is 7.40. The van der Waals surface area contributed by atoms with Crippen LogP contribution in [0.4, 0.5) is 0 Å². The van der Waals surface area contributed by atoms with Crippen molar-refractivity contribution in [3.8, 4) is 5.75 Å². The third kappa shape index (κ3) is 2.61. The molecule has 0 saturated heterocycles. The first-order valence-corrected chi connectivity index (χ1v) is 4.71. The Morgan fingerprint density at radius 2 is 2.15 bits per heavy atom. The van der Waals surface area contributed by atoms with Crippen LogP contribution in [0.15, 0.2) is 12.1 Å². The van der Waals surface area contributed by atoms with E-state index in [1.807, 2.05) is 13.0 Å². The molecule has 0 radical (unpaired) electrons. The van der Waals surface area contributed by atoms with Gasteiger partial charge in [-0.1, -0.05) is 17.7 Å². The van der Waals surface area contributed by atoms with Crippen LogP contribution in [-0.4, -0.2) is 11.7 Å². The highest BCUT2D eigenvalue weighted by Crippen LogP contribution is 2.29. The van der Waals surface area contributed by atoms with Gasteiger partial charge in [-0.15, -0.1) is 0 Å². The summed E-state index contributed by atoms with van der Waals surface area (Å²) in [6, 6.07) is 3.64. The number of benzene rings is 1. The molecule has 3 N–H and O–H groups in total.